The molecule has 0 fully saturated rings. The zero-order valence-electron chi connectivity index (χ0n) is 32.6. The Kier molecular flexibility index (Phi) is 7.51. The van der Waals surface area contributed by atoms with E-state index in [0.29, 0.717) is 0 Å². The van der Waals surface area contributed by atoms with Gasteiger partial charge in [-0.3, -0.25) is 0 Å². The van der Waals surface area contributed by atoms with Crippen LogP contribution in [0, 0.1) is 0 Å². The molecule has 9 aromatic carbocycles. The van der Waals surface area contributed by atoms with E-state index in [4.69, 9.17) is 0 Å². The lowest BCUT2D eigenvalue weighted by atomic mass is 9.67. The van der Waals surface area contributed by atoms with Gasteiger partial charge in [-0.1, -0.05) is 188 Å². The Balaban J connectivity index is 1.19. The van der Waals surface area contributed by atoms with Crippen LogP contribution in [0.25, 0.3) is 42.4 Å². The van der Waals surface area contributed by atoms with Crippen LogP contribution >= 0.6 is 11.3 Å². The van der Waals surface area contributed by atoms with Crippen molar-refractivity contribution in [3.63, 3.8) is 0 Å². The van der Waals surface area contributed by atoms with Crippen molar-refractivity contribution in [3.8, 4) is 22.3 Å². The number of benzene rings is 9. The molecule has 1 unspecified atom stereocenters. The van der Waals surface area contributed by atoms with Gasteiger partial charge in [0.1, 0.15) is 0 Å². The van der Waals surface area contributed by atoms with E-state index in [-0.39, 0.29) is 5.41 Å². The smallest absolute Gasteiger partial charge is 0.0714 e. The summed E-state index contributed by atoms with van der Waals surface area (Å²) in [5.74, 6) is 0. The number of rotatable bonds is 6. The zero-order valence-corrected chi connectivity index (χ0v) is 33.5. The summed E-state index contributed by atoms with van der Waals surface area (Å²) in [5, 5.41) is 2.58. The Bertz CT molecular complexity index is 3200. The number of thiophene rings is 1. The summed E-state index contributed by atoms with van der Waals surface area (Å²) in [6.07, 6.45) is 0. The first-order valence-corrected chi connectivity index (χ1v) is 21.3. The molecule has 12 rings (SSSR count). The summed E-state index contributed by atoms with van der Waals surface area (Å²) < 4.78 is 2.58. The molecule has 278 valence electrons. The second kappa shape index (κ2) is 13.0. The van der Waals surface area contributed by atoms with E-state index in [1.807, 2.05) is 11.3 Å². The summed E-state index contributed by atoms with van der Waals surface area (Å²) in [5.41, 5.74) is 16.9. The van der Waals surface area contributed by atoms with Gasteiger partial charge in [0.25, 0.3) is 0 Å². The van der Waals surface area contributed by atoms with Gasteiger partial charge in [0.15, 0.2) is 0 Å². The average Bonchev–Trinajstić information content (AvgIpc) is 3.93. The second-order valence-electron chi connectivity index (χ2n) is 16.1. The summed E-state index contributed by atoms with van der Waals surface area (Å²) in [4.78, 5) is 2.58. The maximum atomic E-state index is 2.58. The second-order valence-corrected chi connectivity index (χ2v) is 17.1. The molecule has 1 aromatic heterocycles. The fraction of sp³-hybridized carbons (Fsp3) is 0.0526. The minimum absolute atomic E-state index is 0.326. The van der Waals surface area contributed by atoms with Gasteiger partial charge in [0.05, 0.1) is 21.5 Å². The lowest BCUT2D eigenvalue weighted by Crippen LogP contribution is -2.28. The lowest BCUT2D eigenvalue weighted by molar-refractivity contribution is 0.714. The molecule has 59 heavy (non-hydrogen) atoms. The molecular weight excluding hydrogens is 731 g/mol. The predicted molar refractivity (Wildman–Crippen MR) is 249 cm³/mol. The van der Waals surface area contributed by atoms with E-state index in [2.05, 4.69) is 230 Å². The molecule has 0 spiro atoms. The highest BCUT2D eigenvalue weighted by molar-refractivity contribution is 7.26. The standard InChI is InChI=1S/C57H39NS/c1-56(38-19-5-2-6-20-38)47-29-14-12-27-46(47)54-49(56)31-18-32-51(54)58(52-33-17-28-45-44-26-13-16-34-53(44)59-55(45)52)41-35-36-43-42-25-11-15-30-48(42)57(50(43)37-41,39-21-7-3-8-22-39)40-23-9-4-10-24-40/h2-37H,1H3. The van der Waals surface area contributed by atoms with Gasteiger partial charge < -0.3 is 4.90 Å². The first kappa shape index (κ1) is 34.1. The molecule has 1 nitrogen and oxygen atoms in total. The van der Waals surface area contributed by atoms with Crippen LogP contribution in [-0.2, 0) is 10.8 Å². The minimum Gasteiger partial charge on any atom is -0.308 e. The highest BCUT2D eigenvalue weighted by atomic mass is 32.1. The third kappa shape index (κ3) is 4.72. The van der Waals surface area contributed by atoms with Gasteiger partial charge in [0.2, 0.25) is 0 Å². The Morgan fingerprint density at radius 3 is 1.68 bits per heavy atom. The van der Waals surface area contributed by atoms with Crippen molar-refractivity contribution in [1.82, 2.24) is 0 Å². The highest BCUT2D eigenvalue weighted by Gasteiger charge is 2.47. The molecule has 10 aromatic rings. The van der Waals surface area contributed by atoms with E-state index >= 15 is 0 Å². The Hall–Kier alpha value is -7.00. The normalized spacial score (nSPS) is 15.7. The van der Waals surface area contributed by atoms with E-state index in [1.165, 1.54) is 92.7 Å². The molecule has 1 heterocycles. The summed E-state index contributed by atoms with van der Waals surface area (Å²) >= 11 is 1.89. The van der Waals surface area contributed by atoms with Gasteiger partial charge in [-0.2, -0.15) is 0 Å². The Morgan fingerprint density at radius 1 is 0.390 bits per heavy atom. The monoisotopic (exact) mass is 769 g/mol. The average molecular weight is 770 g/mol. The largest absolute Gasteiger partial charge is 0.308 e. The first-order valence-electron chi connectivity index (χ1n) is 20.5. The van der Waals surface area contributed by atoms with Crippen LogP contribution in [0.2, 0.25) is 0 Å². The zero-order chi connectivity index (χ0) is 39.1. The minimum atomic E-state index is -0.517. The number of hydrogen-bond donors (Lipinski definition) is 0. The molecule has 0 radical (unpaired) electrons. The SMILES string of the molecule is CC1(c2ccccc2)c2ccccc2-c2c(N(c3ccc4c(c3)C(c3ccccc3)(c3ccccc3)c3ccccc3-4)c3cccc4c3sc3ccccc34)cccc21. The molecule has 0 amide bonds. The molecule has 2 aliphatic rings. The highest BCUT2D eigenvalue weighted by Crippen LogP contribution is 2.60. The van der Waals surface area contributed by atoms with Gasteiger partial charge in [-0.25, -0.2) is 0 Å². The maximum absolute atomic E-state index is 2.58. The van der Waals surface area contributed by atoms with E-state index < -0.39 is 5.41 Å². The van der Waals surface area contributed by atoms with Gasteiger partial charge in [-0.05, 0) is 92.9 Å². The fourth-order valence-electron chi connectivity index (χ4n) is 10.7. The Labute approximate surface area is 349 Å². The van der Waals surface area contributed by atoms with Crippen LogP contribution in [0.3, 0.4) is 0 Å². The third-order valence-corrected chi connectivity index (χ3v) is 14.4. The number of fused-ring (bicyclic) bond motifs is 9. The molecule has 2 heteroatoms. The number of hydrogen-bond acceptors (Lipinski definition) is 2. The molecular formula is C57H39NS. The summed E-state index contributed by atoms with van der Waals surface area (Å²) in [7, 11) is 0. The van der Waals surface area contributed by atoms with E-state index in [9.17, 15) is 0 Å². The van der Waals surface area contributed by atoms with E-state index in [0.717, 1.165) is 5.69 Å². The predicted octanol–water partition coefficient (Wildman–Crippen LogP) is 15.2. The van der Waals surface area contributed by atoms with Crippen LogP contribution in [0.5, 0.6) is 0 Å². The van der Waals surface area contributed by atoms with Crippen LogP contribution < -0.4 is 4.90 Å². The van der Waals surface area contributed by atoms with E-state index in [1.54, 1.807) is 0 Å². The van der Waals surface area contributed by atoms with Crippen molar-refractivity contribution in [1.29, 1.82) is 0 Å². The Morgan fingerprint density at radius 2 is 0.932 bits per heavy atom. The summed E-state index contributed by atoms with van der Waals surface area (Å²) in [6.45, 7) is 2.41. The molecule has 1 atom stereocenters. The molecule has 2 aliphatic carbocycles. The van der Waals surface area contributed by atoms with Gasteiger partial charge >= 0.3 is 0 Å². The number of anilines is 3. The quantitative estimate of drug-likeness (QED) is 0.163. The van der Waals surface area contributed by atoms with Crippen molar-refractivity contribution in [2.45, 2.75) is 17.8 Å². The van der Waals surface area contributed by atoms with Crippen LogP contribution in [-0.4, -0.2) is 0 Å². The van der Waals surface area contributed by atoms with Gasteiger partial charge in [0, 0.05) is 32.1 Å². The first-order chi connectivity index (χ1) is 29.2. The topological polar surface area (TPSA) is 3.24 Å². The third-order valence-electron chi connectivity index (χ3n) is 13.2. The van der Waals surface area contributed by atoms with Crippen LogP contribution in [0.4, 0.5) is 17.1 Å². The van der Waals surface area contributed by atoms with Crippen molar-refractivity contribution in [3.05, 3.63) is 257 Å². The molecule has 0 saturated heterocycles. The molecule has 0 aliphatic heterocycles. The van der Waals surface area contributed by atoms with Crippen molar-refractivity contribution in [2.75, 3.05) is 4.90 Å². The number of nitrogens with zero attached hydrogens (tertiary/aromatic N) is 1. The van der Waals surface area contributed by atoms with Crippen LogP contribution in [0.1, 0.15) is 45.9 Å². The molecule has 0 bridgehead atoms. The fourth-order valence-corrected chi connectivity index (χ4v) is 11.9. The maximum Gasteiger partial charge on any atom is 0.0714 e. The van der Waals surface area contributed by atoms with Gasteiger partial charge in [-0.15, -0.1) is 11.3 Å². The lowest BCUT2D eigenvalue weighted by Gasteiger charge is -2.35. The van der Waals surface area contributed by atoms with Crippen molar-refractivity contribution < 1.29 is 0 Å². The molecule has 0 saturated carbocycles. The van der Waals surface area contributed by atoms with Crippen LogP contribution in [0.15, 0.2) is 218 Å². The van der Waals surface area contributed by atoms with Crippen molar-refractivity contribution >= 4 is 48.6 Å². The molecule has 0 N–H and O–H groups in total. The summed E-state index contributed by atoms with van der Waals surface area (Å²) in [6, 6.07) is 81.4. The van der Waals surface area contributed by atoms with Crippen molar-refractivity contribution in [2.24, 2.45) is 0 Å².